The number of nitrogens with zero attached hydrogens (tertiary/aromatic N) is 1. The number of amides is 2. The molecule has 1 saturated heterocycles. The van der Waals surface area contributed by atoms with Crippen molar-refractivity contribution in [1.82, 2.24) is 4.90 Å². The van der Waals surface area contributed by atoms with E-state index in [1.165, 1.54) is 19.2 Å². The minimum absolute atomic E-state index is 0.00309. The molecule has 5 rings (SSSR count). The molecule has 0 radical (unpaired) electrons. The monoisotopic (exact) mass is 577 g/mol. The normalized spacial score (nSPS) is 14.5. The van der Waals surface area contributed by atoms with E-state index in [1.807, 2.05) is 60.7 Å². The number of carbonyl (C=O) groups excluding carboxylic acids is 3. The number of fused-ring (bicyclic) bond motifs is 1. The average molecular weight is 578 g/mol. The molecule has 4 aromatic rings. The lowest BCUT2D eigenvalue weighted by molar-refractivity contribution is -0.123. The lowest BCUT2D eigenvalue weighted by atomic mass is 10.0. The highest BCUT2D eigenvalue weighted by Crippen LogP contribution is 2.37. The molecule has 0 spiro atoms. The summed E-state index contributed by atoms with van der Waals surface area (Å²) in [5.41, 5.74) is 1.71. The third kappa shape index (κ3) is 5.33. The molecule has 186 valence electrons. The van der Waals surface area contributed by atoms with Gasteiger partial charge in [-0.1, -0.05) is 58.4 Å². The summed E-state index contributed by atoms with van der Waals surface area (Å²) >= 11 is 4.29. The number of thioether (sulfide) groups is 1. The van der Waals surface area contributed by atoms with E-state index < -0.39 is 17.1 Å². The molecule has 2 heterocycles. The SMILES string of the molecule is COC(=O)c1ccc(CN2C(=O)S/C(=C/c3c(OCc4ccc(Br)cc4)ccc4ccccc34)C2=O)o1. The Hall–Kier alpha value is -3.82. The number of rotatable bonds is 7. The maximum absolute atomic E-state index is 13.2. The molecule has 0 bridgehead atoms. The summed E-state index contributed by atoms with van der Waals surface area (Å²) in [6.07, 6.45) is 1.70. The minimum Gasteiger partial charge on any atom is -0.488 e. The summed E-state index contributed by atoms with van der Waals surface area (Å²) in [4.78, 5) is 39.0. The lowest BCUT2D eigenvalue weighted by Crippen LogP contribution is -2.27. The molecule has 7 nitrogen and oxygen atoms in total. The van der Waals surface area contributed by atoms with Gasteiger partial charge in [0.1, 0.15) is 18.1 Å². The zero-order chi connectivity index (χ0) is 25.9. The van der Waals surface area contributed by atoms with E-state index >= 15 is 0 Å². The second kappa shape index (κ2) is 10.7. The maximum atomic E-state index is 13.2. The number of furan rings is 1. The number of halogens is 1. The van der Waals surface area contributed by atoms with Crippen LogP contribution in [-0.4, -0.2) is 29.1 Å². The highest BCUT2D eigenvalue weighted by atomic mass is 79.9. The van der Waals surface area contributed by atoms with Crippen LogP contribution in [0.4, 0.5) is 4.79 Å². The second-order valence-electron chi connectivity index (χ2n) is 8.14. The molecule has 0 aliphatic carbocycles. The fourth-order valence-corrected chi connectivity index (χ4v) is 4.97. The number of imide groups is 1. The molecule has 0 N–H and O–H groups in total. The van der Waals surface area contributed by atoms with Gasteiger partial charge >= 0.3 is 5.97 Å². The van der Waals surface area contributed by atoms with E-state index in [0.717, 1.165) is 37.5 Å². The number of carbonyl (C=O) groups is 3. The van der Waals surface area contributed by atoms with Gasteiger partial charge in [0.25, 0.3) is 11.1 Å². The first-order valence-electron chi connectivity index (χ1n) is 11.2. The summed E-state index contributed by atoms with van der Waals surface area (Å²) in [6, 6.07) is 22.4. The van der Waals surface area contributed by atoms with Gasteiger partial charge in [0.05, 0.1) is 18.6 Å². The molecule has 1 aliphatic rings. The predicted molar refractivity (Wildman–Crippen MR) is 144 cm³/mol. The fraction of sp³-hybridized carbons (Fsp3) is 0.107. The van der Waals surface area contributed by atoms with Crippen molar-refractivity contribution >= 4 is 61.7 Å². The third-order valence-corrected chi connectivity index (χ3v) is 7.19. The molecule has 0 unspecified atom stereocenters. The zero-order valence-corrected chi connectivity index (χ0v) is 22.0. The molecule has 1 aliphatic heterocycles. The summed E-state index contributed by atoms with van der Waals surface area (Å²) in [6.45, 7) is 0.246. The molecule has 9 heteroatoms. The van der Waals surface area contributed by atoms with Gasteiger partial charge in [-0.3, -0.25) is 14.5 Å². The first-order valence-corrected chi connectivity index (χ1v) is 12.9. The van der Waals surface area contributed by atoms with Crippen LogP contribution in [0.15, 0.2) is 86.6 Å². The first kappa shape index (κ1) is 24.9. The van der Waals surface area contributed by atoms with Crippen LogP contribution in [0.2, 0.25) is 0 Å². The van der Waals surface area contributed by atoms with Gasteiger partial charge < -0.3 is 13.9 Å². The summed E-state index contributed by atoms with van der Waals surface area (Å²) in [5, 5.41) is 1.45. The molecule has 3 aromatic carbocycles. The van der Waals surface area contributed by atoms with E-state index in [-0.39, 0.29) is 17.2 Å². The molecule has 37 heavy (non-hydrogen) atoms. The Morgan fingerprint density at radius 3 is 2.59 bits per heavy atom. The van der Waals surface area contributed by atoms with Crippen molar-refractivity contribution in [3.63, 3.8) is 0 Å². The number of hydrogen-bond acceptors (Lipinski definition) is 7. The van der Waals surface area contributed by atoms with Gasteiger partial charge in [-0.2, -0.15) is 0 Å². The van der Waals surface area contributed by atoms with Crippen LogP contribution in [0.3, 0.4) is 0 Å². The van der Waals surface area contributed by atoms with E-state index in [1.54, 1.807) is 6.08 Å². The van der Waals surface area contributed by atoms with Crippen LogP contribution in [0.5, 0.6) is 5.75 Å². The van der Waals surface area contributed by atoms with Gasteiger partial charge in [0.2, 0.25) is 5.76 Å². The highest BCUT2D eigenvalue weighted by molar-refractivity contribution is 9.10. The lowest BCUT2D eigenvalue weighted by Gasteiger charge is -2.13. The van der Waals surface area contributed by atoms with Crippen molar-refractivity contribution in [1.29, 1.82) is 0 Å². The van der Waals surface area contributed by atoms with Crippen LogP contribution >= 0.6 is 27.7 Å². The molecule has 0 saturated carbocycles. The predicted octanol–water partition coefficient (Wildman–Crippen LogP) is 6.80. The summed E-state index contributed by atoms with van der Waals surface area (Å²) in [5.74, 6) is -0.178. The standard InChI is InChI=1S/C28H20BrNO6S/c1-34-27(32)24-13-11-20(36-24)15-30-26(31)25(37-28(30)33)14-22-21-5-3-2-4-18(21)8-12-23(22)35-16-17-6-9-19(29)10-7-17/h2-14H,15-16H2,1H3/b25-14+. The van der Waals surface area contributed by atoms with Crippen molar-refractivity contribution in [2.24, 2.45) is 0 Å². The zero-order valence-electron chi connectivity index (χ0n) is 19.6. The van der Waals surface area contributed by atoms with Gasteiger partial charge in [0.15, 0.2) is 0 Å². The largest absolute Gasteiger partial charge is 0.488 e. The van der Waals surface area contributed by atoms with Crippen LogP contribution in [0.1, 0.15) is 27.4 Å². The highest BCUT2D eigenvalue weighted by Gasteiger charge is 2.36. The van der Waals surface area contributed by atoms with Crippen molar-refractivity contribution in [2.75, 3.05) is 7.11 Å². The topological polar surface area (TPSA) is 86.0 Å². The number of hydrogen-bond donors (Lipinski definition) is 0. The summed E-state index contributed by atoms with van der Waals surface area (Å²) < 4.78 is 17.2. The number of methoxy groups -OCH3 is 1. The Kier molecular flexibility index (Phi) is 7.16. The second-order valence-corrected chi connectivity index (χ2v) is 10.0. The Balaban J connectivity index is 1.44. The van der Waals surface area contributed by atoms with Gasteiger partial charge in [0, 0.05) is 10.0 Å². The van der Waals surface area contributed by atoms with E-state index in [4.69, 9.17) is 9.15 Å². The van der Waals surface area contributed by atoms with Crippen LogP contribution < -0.4 is 4.74 Å². The quantitative estimate of drug-likeness (QED) is 0.176. The first-order chi connectivity index (χ1) is 17.9. The minimum atomic E-state index is -0.632. The van der Waals surface area contributed by atoms with Gasteiger partial charge in [-0.05, 0) is 64.5 Å². The van der Waals surface area contributed by atoms with E-state index in [0.29, 0.717) is 23.7 Å². The molecule has 1 fully saturated rings. The van der Waals surface area contributed by atoms with Crippen molar-refractivity contribution in [3.8, 4) is 5.75 Å². The fourth-order valence-electron chi connectivity index (χ4n) is 3.89. The van der Waals surface area contributed by atoms with Crippen molar-refractivity contribution in [3.05, 3.63) is 105 Å². The van der Waals surface area contributed by atoms with E-state index in [2.05, 4.69) is 20.7 Å². The Labute approximate surface area is 225 Å². The van der Waals surface area contributed by atoms with Crippen molar-refractivity contribution in [2.45, 2.75) is 13.2 Å². The third-order valence-electron chi connectivity index (χ3n) is 5.75. The van der Waals surface area contributed by atoms with Crippen molar-refractivity contribution < 1.29 is 28.3 Å². The number of ether oxygens (including phenoxy) is 2. The number of esters is 1. The molecule has 1 aromatic heterocycles. The molecular formula is C28H20BrNO6S. The Morgan fingerprint density at radius 1 is 1.03 bits per heavy atom. The van der Waals surface area contributed by atoms with Crippen LogP contribution in [0.25, 0.3) is 16.8 Å². The number of benzene rings is 3. The maximum Gasteiger partial charge on any atom is 0.373 e. The molecule has 0 atom stereocenters. The van der Waals surface area contributed by atoms with Gasteiger partial charge in [-0.25, -0.2) is 4.79 Å². The smallest absolute Gasteiger partial charge is 0.373 e. The Morgan fingerprint density at radius 2 is 1.81 bits per heavy atom. The Bertz CT molecular complexity index is 1540. The average Bonchev–Trinajstić information content (AvgIpc) is 3.49. The van der Waals surface area contributed by atoms with E-state index in [9.17, 15) is 14.4 Å². The summed E-state index contributed by atoms with van der Waals surface area (Å²) in [7, 11) is 1.25. The van der Waals surface area contributed by atoms with Gasteiger partial charge in [-0.15, -0.1) is 0 Å². The molecular weight excluding hydrogens is 558 g/mol. The van der Waals surface area contributed by atoms with Crippen LogP contribution in [0, 0.1) is 0 Å². The van der Waals surface area contributed by atoms with Crippen LogP contribution in [-0.2, 0) is 22.7 Å². The molecule has 2 amide bonds.